The fraction of sp³-hybridized carbons (Fsp3) is 0.583. The molecule has 5 nitrogen and oxygen atoms in total. The van der Waals surface area contributed by atoms with Crippen LogP contribution in [0.15, 0.2) is 36.7 Å². The van der Waals surface area contributed by atoms with Gasteiger partial charge in [0.05, 0.1) is 6.20 Å². The number of nitrogens with one attached hydrogen (secondary N) is 1. The van der Waals surface area contributed by atoms with Crippen LogP contribution in [0.25, 0.3) is 0 Å². The van der Waals surface area contributed by atoms with Crippen molar-refractivity contribution < 1.29 is 4.79 Å². The molecule has 1 atom stereocenters. The zero-order valence-corrected chi connectivity index (χ0v) is 17.4. The van der Waals surface area contributed by atoms with Crippen LogP contribution in [0.3, 0.4) is 0 Å². The smallest absolute Gasteiger partial charge is 0.220 e. The minimum atomic E-state index is 0.239. The number of likely N-dealkylation sites (tertiary alicyclic amines) is 1. The van der Waals surface area contributed by atoms with Gasteiger partial charge in [-0.15, -0.1) is 0 Å². The summed E-state index contributed by atoms with van der Waals surface area (Å²) in [6.45, 7) is 4.09. The average molecular weight is 393 g/mol. The highest BCUT2D eigenvalue weighted by Gasteiger charge is 2.45. The number of nitrogens with zero attached hydrogens (tertiary/aromatic N) is 3. The molecule has 3 aliphatic rings. The van der Waals surface area contributed by atoms with Crippen LogP contribution in [-0.2, 0) is 23.8 Å². The minimum Gasteiger partial charge on any atom is -0.356 e. The Hall–Kier alpha value is -2.14. The van der Waals surface area contributed by atoms with E-state index in [1.807, 2.05) is 17.9 Å². The Morgan fingerprint density at radius 1 is 1.24 bits per heavy atom. The van der Waals surface area contributed by atoms with Crippen molar-refractivity contribution in [3.63, 3.8) is 0 Å². The van der Waals surface area contributed by atoms with Crippen LogP contribution in [-0.4, -0.2) is 40.2 Å². The highest BCUT2D eigenvalue weighted by Crippen LogP contribution is 2.52. The van der Waals surface area contributed by atoms with E-state index in [-0.39, 0.29) is 11.3 Å². The summed E-state index contributed by atoms with van der Waals surface area (Å²) in [4.78, 5) is 15.1. The van der Waals surface area contributed by atoms with Gasteiger partial charge in [0, 0.05) is 38.3 Å². The number of carbonyl (C=O) groups is 1. The zero-order chi connectivity index (χ0) is 19.8. The molecule has 2 aliphatic carbocycles. The van der Waals surface area contributed by atoms with Crippen LogP contribution < -0.4 is 5.32 Å². The van der Waals surface area contributed by atoms with E-state index in [1.54, 1.807) is 0 Å². The molecular weight excluding hydrogens is 360 g/mol. The lowest BCUT2D eigenvalue weighted by atomic mass is 9.73. The number of amides is 1. The number of aryl methyl sites for hydroxylation is 1. The van der Waals surface area contributed by atoms with E-state index in [0.717, 1.165) is 38.5 Å². The lowest BCUT2D eigenvalue weighted by molar-refractivity contribution is -0.121. The second-order valence-electron chi connectivity index (χ2n) is 9.52. The SMILES string of the molecule is Cn1cc(CN2CCC3(CC2)C[C@H](CC(=O)NCC2CC2)c2ccccc23)cn1. The van der Waals surface area contributed by atoms with E-state index in [0.29, 0.717) is 12.3 Å². The highest BCUT2D eigenvalue weighted by molar-refractivity contribution is 5.77. The summed E-state index contributed by atoms with van der Waals surface area (Å²) in [6, 6.07) is 8.92. The largest absolute Gasteiger partial charge is 0.356 e. The molecule has 1 amide bonds. The number of rotatable bonds is 6. The summed E-state index contributed by atoms with van der Waals surface area (Å²) in [7, 11) is 1.98. The normalized spacial score (nSPS) is 23.3. The van der Waals surface area contributed by atoms with Gasteiger partial charge in [-0.05, 0) is 73.6 Å². The molecule has 1 aromatic carbocycles. The number of benzene rings is 1. The van der Waals surface area contributed by atoms with E-state index >= 15 is 0 Å². The lowest BCUT2D eigenvalue weighted by Gasteiger charge is -2.40. The van der Waals surface area contributed by atoms with Gasteiger partial charge in [-0.1, -0.05) is 24.3 Å². The average Bonchev–Trinajstić information content (AvgIpc) is 3.41. The molecule has 1 N–H and O–H groups in total. The van der Waals surface area contributed by atoms with Crippen molar-refractivity contribution in [2.45, 2.75) is 56.4 Å². The summed E-state index contributed by atoms with van der Waals surface area (Å²) in [5.74, 6) is 1.35. The zero-order valence-electron chi connectivity index (χ0n) is 17.4. The number of piperidine rings is 1. The van der Waals surface area contributed by atoms with Crippen molar-refractivity contribution in [3.8, 4) is 0 Å². The quantitative estimate of drug-likeness (QED) is 0.820. The Morgan fingerprint density at radius 2 is 2.03 bits per heavy atom. The molecule has 2 aromatic rings. The van der Waals surface area contributed by atoms with Crippen molar-refractivity contribution in [3.05, 3.63) is 53.3 Å². The fourth-order valence-electron chi connectivity index (χ4n) is 5.51. The Balaban J connectivity index is 1.25. The summed E-state index contributed by atoms with van der Waals surface area (Å²) >= 11 is 0. The van der Waals surface area contributed by atoms with Gasteiger partial charge in [-0.2, -0.15) is 5.10 Å². The first-order valence-electron chi connectivity index (χ1n) is 11.2. The van der Waals surface area contributed by atoms with Crippen molar-refractivity contribution in [1.82, 2.24) is 20.0 Å². The molecule has 1 spiro atoms. The van der Waals surface area contributed by atoms with Crippen molar-refractivity contribution in [2.75, 3.05) is 19.6 Å². The number of carbonyl (C=O) groups excluding carboxylic acids is 1. The first-order valence-corrected chi connectivity index (χ1v) is 11.2. The van der Waals surface area contributed by atoms with Crippen LogP contribution in [0.2, 0.25) is 0 Å². The molecule has 0 unspecified atom stereocenters. The first-order chi connectivity index (χ1) is 14.1. The Labute approximate surface area is 173 Å². The maximum atomic E-state index is 12.5. The van der Waals surface area contributed by atoms with E-state index in [9.17, 15) is 4.79 Å². The molecular formula is C24H32N4O. The number of fused-ring (bicyclic) bond motifs is 2. The van der Waals surface area contributed by atoms with Crippen molar-refractivity contribution >= 4 is 5.91 Å². The maximum Gasteiger partial charge on any atom is 0.220 e. The molecule has 0 bridgehead atoms. The molecule has 1 saturated carbocycles. The van der Waals surface area contributed by atoms with Gasteiger partial charge in [-0.25, -0.2) is 0 Å². The summed E-state index contributed by atoms with van der Waals surface area (Å²) in [5, 5.41) is 7.48. The predicted octanol–water partition coefficient (Wildman–Crippen LogP) is 3.36. The molecule has 1 aliphatic heterocycles. The van der Waals surface area contributed by atoms with Gasteiger partial charge in [0.15, 0.2) is 0 Å². The Kier molecular flexibility index (Phi) is 4.94. The van der Waals surface area contributed by atoms with Gasteiger partial charge in [-0.3, -0.25) is 14.4 Å². The van der Waals surface area contributed by atoms with E-state index in [1.165, 1.54) is 42.4 Å². The van der Waals surface area contributed by atoms with E-state index < -0.39 is 0 Å². The Bertz CT molecular complexity index is 877. The van der Waals surface area contributed by atoms with Crippen LogP contribution >= 0.6 is 0 Å². The van der Waals surface area contributed by atoms with Crippen molar-refractivity contribution in [1.29, 1.82) is 0 Å². The molecule has 29 heavy (non-hydrogen) atoms. The molecule has 5 rings (SSSR count). The van der Waals surface area contributed by atoms with Gasteiger partial charge in [0.1, 0.15) is 0 Å². The van der Waals surface area contributed by atoms with E-state index in [2.05, 4.69) is 45.8 Å². The van der Waals surface area contributed by atoms with Gasteiger partial charge in [0.2, 0.25) is 5.91 Å². The molecule has 2 heterocycles. The third-order valence-electron chi connectivity index (χ3n) is 7.30. The minimum absolute atomic E-state index is 0.239. The molecule has 0 radical (unpaired) electrons. The molecule has 1 saturated heterocycles. The first kappa shape index (κ1) is 18.9. The number of hydrogen-bond donors (Lipinski definition) is 1. The van der Waals surface area contributed by atoms with Crippen molar-refractivity contribution in [2.24, 2.45) is 13.0 Å². The van der Waals surface area contributed by atoms with E-state index in [4.69, 9.17) is 0 Å². The number of hydrogen-bond acceptors (Lipinski definition) is 3. The maximum absolute atomic E-state index is 12.5. The standard InChI is InChI=1S/C24H32N4O/c1-27-16-19(15-26-27)17-28-10-8-24(9-11-28)13-20(21-4-2-3-5-22(21)24)12-23(29)25-14-18-6-7-18/h2-5,15-16,18,20H,6-14,17H2,1H3,(H,25,29)/t20-/m0/s1. The van der Waals surface area contributed by atoms with Crippen LogP contribution in [0.1, 0.15) is 61.1 Å². The third-order valence-corrected chi connectivity index (χ3v) is 7.30. The topological polar surface area (TPSA) is 50.2 Å². The molecule has 5 heteroatoms. The fourth-order valence-corrected chi connectivity index (χ4v) is 5.51. The lowest BCUT2D eigenvalue weighted by Crippen LogP contribution is -2.41. The predicted molar refractivity (Wildman–Crippen MR) is 114 cm³/mol. The molecule has 1 aromatic heterocycles. The molecule has 154 valence electrons. The van der Waals surface area contributed by atoms with Crippen LogP contribution in [0.4, 0.5) is 0 Å². The third kappa shape index (κ3) is 3.97. The second kappa shape index (κ2) is 7.60. The van der Waals surface area contributed by atoms with Gasteiger partial charge < -0.3 is 5.32 Å². The van der Waals surface area contributed by atoms with Crippen LogP contribution in [0, 0.1) is 5.92 Å². The summed E-state index contributed by atoms with van der Waals surface area (Å²) in [6.07, 6.45) is 10.8. The van der Waals surface area contributed by atoms with Gasteiger partial charge >= 0.3 is 0 Å². The monoisotopic (exact) mass is 392 g/mol. The molecule has 2 fully saturated rings. The number of aromatic nitrogens is 2. The second-order valence-corrected chi connectivity index (χ2v) is 9.52. The Morgan fingerprint density at radius 3 is 2.76 bits per heavy atom. The van der Waals surface area contributed by atoms with Crippen LogP contribution in [0.5, 0.6) is 0 Å². The highest BCUT2D eigenvalue weighted by atomic mass is 16.1. The van der Waals surface area contributed by atoms with Gasteiger partial charge in [0.25, 0.3) is 0 Å². The summed E-state index contributed by atoms with van der Waals surface area (Å²) in [5.41, 5.74) is 4.49. The summed E-state index contributed by atoms with van der Waals surface area (Å²) < 4.78 is 1.88.